The van der Waals surface area contributed by atoms with Crippen LogP contribution in [0.1, 0.15) is 132 Å². The first-order valence-corrected chi connectivity index (χ1v) is 16.9. The lowest BCUT2D eigenvalue weighted by molar-refractivity contribution is 0.0934. The average molecular weight is 655 g/mol. The van der Waals surface area contributed by atoms with Crippen molar-refractivity contribution in [3.05, 3.63) is 77.1 Å². The van der Waals surface area contributed by atoms with Crippen molar-refractivity contribution in [1.29, 1.82) is 0 Å². The lowest BCUT2D eigenvalue weighted by Crippen LogP contribution is -2.38. The van der Waals surface area contributed by atoms with E-state index >= 15 is 0 Å². The van der Waals surface area contributed by atoms with Crippen LogP contribution in [0.2, 0.25) is 0 Å². The summed E-state index contributed by atoms with van der Waals surface area (Å²) in [7, 11) is 4.01. The van der Waals surface area contributed by atoms with Crippen molar-refractivity contribution in [2.45, 2.75) is 110 Å². The Kier molecular flexibility index (Phi) is 10.2. The van der Waals surface area contributed by atoms with E-state index in [-0.39, 0.29) is 40.6 Å². The second-order valence-electron chi connectivity index (χ2n) is 14.8. The maximum absolute atomic E-state index is 13.4. The van der Waals surface area contributed by atoms with Gasteiger partial charge in [-0.1, -0.05) is 58.9 Å². The molecule has 1 aliphatic rings. The zero-order valence-electron chi connectivity index (χ0n) is 29.8. The van der Waals surface area contributed by atoms with Crippen molar-refractivity contribution in [2.24, 2.45) is 0 Å². The number of pyridine rings is 1. The molecule has 2 amide bonds. The predicted octanol–water partition coefficient (Wildman–Crippen LogP) is 7.41. The van der Waals surface area contributed by atoms with E-state index in [1.54, 1.807) is 6.07 Å². The highest BCUT2D eigenvalue weighted by Crippen LogP contribution is 2.39. The van der Waals surface area contributed by atoms with Crippen LogP contribution in [0.4, 0.5) is 10.6 Å². The molecule has 0 saturated heterocycles. The van der Waals surface area contributed by atoms with Gasteiger partial charge < -0.3 is 15.0 Å². The largest absolute Gasteiger partial charge is 0.484 e. The Labute approximate surface area is 283 Å². The molecule has 0 spiro atoms. The lowest BCUT2D eigenvalue weighted by Gasteiger charge is -2.32. The van der Waals surface area contributed by atoms with Crippen molar-refractivity contribution in [3.8, 4) is 5.75 Å². The monoisotopic (exact) mass is 654 g/mol. The zero-order chi connectivity index (χ0) is 34.8. The second kappa shape index (κ2) is 14.0. The van der Waals surface area contributed by atoms with Crippen molar-refractivity contribution in [3.63, 3.8) is 0 Å². The van der Waals surface area contributed by atoms with Crippen molar-refractivity contribution >= 4 is 23.3 Å². The van der Waals surface area contributed by atoms with E-state index in [1.807, 2.05) is 75.8 Å². The van der Waals surface area contributed by atoms with Crippen LogP contribution in [0.15, 0.2) is 48.7 Å². The highest BCUT2D eigenvalue weighted by atomic mass is 16.5. The highest BCUT2D eigenvalue weighted by Gasteiger charge is 2.30. The molecular formula is C37H50N8O3. The summed E-state index contributed by atoms with van der Waals surface area (Å²) in [6, 6.07) is 13.1. The molecule has 0 aliphatic heterocycles. The van der Waals surface area contributed by atoms with Crippen molar-refractivity contribution < 1.29 is 14.3 Å². The third kappa shape index (κ3) is 7.84. The number of hydrogen-bond acceptors (Lipinski definition) is 8. The van der Waals surface area contributed by atoms with Gasteiger partial charge in [-0.05, 0) is 76.9 Å². The lowest BCUT2D eigenvalue weighted by atomic mass is 9.85. The molecule has 3 heterocycles. The van der Waals surface area contributed by atoms with Crippen molar-refractivity contribution in [1.82, 2.24) is 34.8 Å². The molecule has 1 aromatic carbocycles. The Morgan fingerprint density at radius 1 is 1.02 bits per heavy atom. The number of fused-ring (bicyclic) bond motifs is 2. The van der Waals surface area contributed by atoms with Crippen LogP contribution in [0.3, 0.4) is 0 Å². The van der Waals surface area contributed by atoms with Crippen LogP contribution >= 0.6 is 0 Å². The number of aromatic nitrogens is 5. The normalized spacial score (nSPS) is 17.2. The molecule has 3 aromatic heterocycles. The van der Waals surface area contributed by atoms with Gasteiger partial charge in [-0.3, -0.25) is 14.5 Å². The maximum Gasteiger partial charge on any atom is 0.320 e. The van der Waals surface area contributed by atoms with Gasteiger partial charge in [0, 0.05) is 29.4 Å². The Bertz CT molecular complexity index is 1770. The summed E-state index contributed by atoms with van der Waals surface area (Å²) < 4.78 is 8.56. The first kappa shape index (κ1) is 34.9. The number of benzene rings is 1. The molecule has 3 atom stereocenters. The third-order valence-corrected chi connectivity index (χ3v) is 9.63. The summed E-state index contributed by atoms with van der Waals surface area (Å²) in [5.74, 6) is 2.21. The standard InChI is InChI=1S/C37H50N8O3/c1-10-23(2)34-43-42-32-18-15-24(22-45(32)34)48-29-17-16-27(25-13-11-12-14-26(25)29)38-35(47)41-31-21-30(36(3,4)5)39-33(40-31)28(46)19-20-37(6,7)44(8)9/h11-15,18,21-23,27,29H,10,16-17,19-20H2,1-9H3,(H2,38,39,40,41,47)/t23-,27-,29+/m0/s1. The summed E-state index contributed by atoms with van der Waals surface area (Å²) in [5.41, 5.74) is 3.02. The van der Waals surface area contributed by atoms with Crippen LogP contribution in [-0.2, 0) is 5.41 Å². The van der Waals surface area contributed by atoms with Gasteiger partial charge in [-0.25, -0.2) is 14.8 Å². The molecular weight excluding hydrogens is 604 g/mol. The van der Waals surface area contributed by atoms with Gasteiger partial charge in [0.1, 0.15) is 23.5 Å². The molecule has 2 N–H and O–H groups in total. The van der Waals surface area contributed by atoms with E-state index in [4.69, 9.17) is 4.74 Å². The van der Waals surface area contributed by atoms with E-state index in [0.717, 1.165) is 34.8 Å². The number of ketones is 1. The van der Waals surface area contributed by atoms with E-state index in [0.29, 0.717) is 37.2 Å². The number of carbonyl (C=O) groups is 2. The number of Topliss-reactive ketones (excluding diaryl/α,β-unsaturated/α-hetero) is 1. The van der Waals surface area contributed by atoms with E-state index < -0.39 is 6.03 Å². The number of rotatable bonds is 11. The Balaban J connectivity index is 1.31. The highest BCUT2D eigenvalue weighted by molar-refractivity contribution is 5.94. The molecule has 4 aromatic rings. The number of anilines is 1. The summed E-state index contributed by atoms with van der Waals surface area (Å²) >= 11 is 0. The van der Waals surface area contributed by atoms with Crippen LogP contribution in [0.5, 0.6) is 5.75 Å². The number of ether oxygens (including phenoxy) is 1. The van der Waals surface area contributed by atoms with Gasteiger partial charge in [0.05, 0.1) is 17.9 Å². The van der Waals surface area contributed by atoms with Crippen LogP contribution < -0.4 is 15.4 Å². The third-order valence-electron chi connectivity index (χ3n) is 9.63. The molecule has 256 valence electrons. The minimum atomic E-state index is -0.393. The number of nitrogens with zero attached hydrogens (tertiary/aromatic N) is 6. The fourth-order valence-electron chi connectivity index (χ4n) is 5.75. The molecule has 0 bridgehead atoms. The summed E-state index contributed by atoms with van der Waals surface area (Å²) in [6.07, 6.45) is 5.12. The second-order valence-corrected chi connectivity index (χ2v) is 14.8. The molecule has 48 heavy (non-hydrogen) atoms. The Morgan fingerprint density at radius 2 is 1.75 bits per heavy atom. The topological polar surface area (TPSA) is 127 Å². The van der Waals surface area contributed by atoms with Gasteiger partial charge in [0.25, 0.3) is 0 Å². The number of nitrogens with one attached hydrogen (secondary N) is 2. The molecule has 11 heteroatoms. The SMILES string of the molecule is CC[C@H](C)c1nnc2ccc(O[C@@H]3CC[C@H](NC(=O)Nc4cc(C(C)(C)C)nc(C(=O)CCC(C)(C)N(C)C)n4)c4ccccc43)cn12. The van der Waals surface area contributed by atoms with E-state index in [2.05, 4.69) is 69.5 Å². The molecule has 0 saturated carbocycles. The quantitative estimate of drug-likeness (QED) is 0.160. The Morgan fingerprint density at radius 3 is 2.44 bits per heavy atom. The summed E-state index contributed by atoms with van der Waals surface area (Å²) in [6.45, 7) is 14.6. The van der Waals surface area contributed by atoms with Gasteiger partial charge in [0.2, 0.25) is 0 Å². The first-order chi connectivity index (χ1) is 22.7. The molecule has 11 nitrogen and oxygen atoms in total. The van der Waals surface area contributed by atoms with Gasteiger partial charge in [-0.15, -0.1) is 10.2 Å². The van der Waals surface area contributed by atoms with E-state index in [9.17, 15) is 9.59 Å². The van der Waals surface area contributed by atoms with Crippen LogP contribution in [0.25, 0.3) is 5.65 Å². The molecule has 0 unspecified atom stereocenters. The molecule has 1 aliphatic carbocycles. The number of amides is 2. The zero-order valence-corrected chi connectivity index (χ0v) is 29.8. The molecule has 5 rings (SSSR count). The number of carbonyl (C=O) groups excluding carboxylic acids is 2. The fourth-order valence-corrected chi connectivity index (χ4v) is 5.75. The van der Waals surface area contributed by atoms with Gasteiger partial charge in [0.15, 0.2) is 17.3 Å². The fraction of sp³-hybridized carbons (Fsp3) is 0.514. The first-order valence-electron chi connectivity index (χ1n) is 16.9. The summed E-state index contributed by atoms with van der Waals surface area (Å²) in [5, 5.41) is 14.7. The minimum Gasteiger partial charge on any atom is -0.484 e. The van der Waals surface area contributed by atoms with Crippen LogP contribution in [0, 0.1) is 0 Å². The van der Waals surface area contributed by atoms with Crippen LogP contribution in [-0.4, -0.2) is 60.9 Å². The average Bonchev–Trinajstić information content (AvgIpc) is 3.47. The van der Waals surface area contributed by atoms with E-state index in [1.165, 1.54) is 0 Å². The maximum atomic E-state index is 13.4. The van der Waals surface area contributed by atoms with Crippen molar-refractivity contribution in [2.75, 3.05) is 19.4 Å². The number of urea groups is 1. The predicted molar refractivity (Wildman–Crippen MR) is 188 cm³/mol. The van der Waals surface area contributed by atoms with Gasteiger partial charge in [-0.2, -0.15) is 0 Å². The molecule has 0 radical (unpaired) electrons. The summed E-state index contributed by atoms with van der Waals surface area (Å²) in [4.78, 5) is 37.9. The smallest absolute Gasteiger partial charge is 0.320 e. The minimum absolute atomic E-state index is 0.121. The Hall–Kier alpha value is -4.38. The number of hydrogen-bond donors (Lipinski definition) is 2. The van der Waals surface area contributed by atoms with Gasteiger partial charge >= 0.3 is 6.03 Å². The molecule has 0 fully saturated rings.